The van der Waals surface area contributed by atoms with E-state index in [9.17, 15) is 4.79 Å². The highest BCUT2D eigenvalue weighted by atomic mass is 16.1. The molecule has 0 aromatic carbocycles. The SMILES string of the molecule is CCC1CC(NCC2CCC2)CN(CC(N)=O)C1. The van der Waals surface area contributed by atoms with E-state index in [-0.39, 0.29) is 5.91 Å². The Kier molecular flexibility index (Phi) is 5.01. The standard InChI is InChI=1S/C14H27N3O/c1-2-11-6-13(16-7-12-4-3-5-12)9-17(8-11)10-14(15)18/h11-13,16H,2-10H2,1H3,(H2,15,18). The minimum Gasteiger partial charge on any atom is -0.369 e. The van der Waals surface area contributed by atoms with Gasteiger partial charge < -0.3 is 11.1 Å². The number of amides is 1. The van der Waals surface area contributed by atoms with Crippen molar-refractivity contribution in [2.75, 3.05) is 26.2 Å². The highest BCUT2D eigenvalue weighted by Crippen LogP contribution is 2.26. The van der Waals surface area contributed by atoms with Crippen molar-refractivity contribution in [3.05, 3.63) is 0 Å². The number of hydrogen-bond donors (Lipinski definition) is 2. The maximum atomic E-state index is 11.1. The maximum absolute atomic E-state index is 11.1. The summed E-state index contributed by atoms with van der Waals surface area (Å²) < 4.78 is 0. The molecular formula is C14H27N3O. The molecule has 3 N–H and O–H groups in total. The first-order valence-corrected chi connectivity index (χ1v) is 7.41. The number of nitrogens with two attached hydrogens (primary N) is 1. The molecule has 0 bridgehead atoms. The van der Waals surface area contributed by atoms with Crippen LogP contribution in [0.2, 0.25) is 0 Å². The fourth-order valence-electron chi connectivity index (χ4n) is 3.13. The van der Waals surface area contributed by atoms with Gasteiger partial charge in [0.1, 0.15) is 0 Å². The first-order valence-electron chi connectivity index (χ1n) is 7.41. The summed E-state index contributed by atoms with van der Waals surface area (Å²) in [6.07, 6.45) is 6.63. The molecule has 0 radical (unpaired) electrons. The number of primary amides is 1. The van der Waals surface area contributed by atoms with Crippen LogP contribution in [0.25, 0.3) is 0 Å². The molecule has 2 rings (SSSR count). The highest BCUT2D eigenvalue weighted by Gasteiger charge is 2.27. The number of rotatable bonds is 6. The monoisotopic (exact) mass is 253 g/mol. The number of nitrogens with one attached hydrogen (secondary N) is 1. The summed E-state index contributed by atoms with van der Waals surface area (Å²) in [6.45, 7) is 5.82. The number of likely N-dealkylation sites (tertiary alicyclic amines) is 1. The molecule has 1 saturated heterocycles. The van der Waals surface area contributed by atoms with Gasteiger partial charge in [-0.2, -0.15) is 0 Å². The third-order valence-corrected chi connectivity index (χ3v) is 4.49. The fraction of sp³-hybridized carbons (Fsp3) is 0.929. The number of carbonyl (C=O) groups excluding carboxylic acids is 1. The lowest BCUT2D eigenvalue weighted by molar-refractivity contribution is -0.119. The van der Waals surface area contributed by atoms with Gasteiger partial charge in [0.25, 0.3) is 0 Å². The molecular weight excluding hydrogens is 226 g/mol. The van der Waals surface area contributed by atoms with E-state index < -0.39 is 0 Å². The van der Waals surface area contributed by atoms with Crippen LogP contribution in [-0.4, -0.2) is 43.0 Å². The summed E-state index contributed by atoms with van der Waals surface area (Å²) in [7, 11) is 0. The van der Waals surface area contributed by atoms with Crippen molar-refractivity contribution in [2.45, 2.75) is 45.1 Å². The van der Waals surface area contributed by atoms with Crippen molar-refractivity contribution in [1.82, 2.24) is 10.2 Å². The van der Waals surface area contributed by atoms with Gasteiger partial charge in [-0.3, -0.25) is 9.69 Å². The Balaban J connectivity index is 1.78. The molecule has 4 heteroatoms. The Bertz CT molecular complexity index is 278. The van der Waals surface area contributed by atoms with E-state index in [1.807, 2.05) is 0 Å². The average Bonchev–Trinajstić information content (AvgIpc) is 2.25. The quantitative estimate of drug-likeness (QED) is 0.741. The van der Waals surface area contributed by atoms with Gasteiger partial charge in [0.15, 0.2) is 0 Å². The van der Waals surface area contributed by atoms with E-state index in [1.165, 1.54) is 32.1 Å². The molecule has 2 aliphatic rings. The van der Waals surface area contributed by atoms with Crippen molar-refractivity contribution in [3.8, 4) is 0 Å². The van der Waals surface area contributed by atoms with Crippen molar-refractivity contribution >= 4 is 5.91 Å². The number of hydrogen-bond acceptors (Lipinski definition) is 3. The topological polar surface area (TPSA) is 58.4 Å². The maximum Gasteiger partial charge on any atom is 0.231 e. The Morgan fingerprint density at radius 1 is 1.33 bits per heavy atom. The minimum absolute atomic E-state index is 0.204. The first-order chi connectivity index (χ1) is 8.67. The van der Waals surface area contributed by atoms with Crippen LogP contribution in [0, 0.1) is 11.8 Å². The van der Waals surface area contributed by atoms with Gasteiger partial charge in [0.05, 0.1) is 6.54 Å². The molecule has 2 unspecified atom stereocenters. The van der Waals surface area contributed by atoms with Crippen LogP contribution in [0.15, 0.2) is 0 Å². The molecule has 4 nitrogen and oxygen atoms in total. The van der Waals surface area contributed by atoms with Gasteiger partial charge >= 0.3 is 0 Å². The van der Waals surface area contributed by atoms with E-state index in [4.69, 9.17) is 5.73 Å². The van der Waals surface area contributed by atoms with Gasteiger partial charge in [-0.15, -0.1) is 0 Å². The molecule has 1 aliphatic carbocycles. The number of nitrogens with zero attached hydrogens (tertiary/aromatic N) is 1. The second kappa shape index (κ2) is 6.53. The highest BCUT2D eigenvalue weighted by molar-refractivity contribution is 5.75. The summed E-state index contributed by atoms with van der Waals surface area (Å²) in [5.74, 6) is 1.40. The van der Waals surface area contributed by atoms with Crippen molar-refractivity contribution in [2.24, 2.45) is 17.6 Å². The summed E-state index contributed by atoms with van der Waals surface area (Å²) in [6, 6.07) is 0.545. The molecule has 0 aromatic heterocycles. The largest absolute Gasteiger partial charge is 0.369 e. The van der Waals surface area contributed by atoms with E-state index in [0.717, 1.165) is 25.6 Å². The van der Waals surface area contributed by atoms with Crippen LogP contribution >= 0.6 is 0 Å². The van der Waals surface area contributed by atoms with Crippen LogP contribution in [0.1, 0.15) is 39.0 Å². The second-order valence-corrected chi connectivity index (χ2v) is 6.07. The lowest BCUT2D eigenvalue weighted by Crippen LogP contribution is -2.52. The summed E-state index contributed by atoms with van der Waals surface area (Å²) >= 11 is 0. The van der Waals surface area contributed by atoms with Crippen molar-refractivity contribution in [1.29, 1.82) is 0 Å². The van der Waals surface area contributed by atoms with Gasteiger partial charge in [-0.25, -0.2) is 0 Å². The molecule has 1 amide bonds. The normalized spacial score (nSPS) is 30.1. The molecule has 0 aromatic rings. The first kappa shape index (κ1) is 13.8. The van der Waals surface area contributed by atoms with Crippen molar-refractivity contribution in [3.63, 3.8) is 0 Å². The number of carbonyl (C=O) groups is 1. The third-order valence-electron chi connectivity index (χ3n) is 4.49. The van der Waals surface area contributed by atoms with Crippen LogP contribution in [0.5, 0.6) is 0 Å². The predicted octanol–water partition coefficient (Wildman–Crippen LogP) is 0.962. The smallest absolute Gasteiger partial charge is 0.231 e. The van der Waals surface area contributed by atoms with E-state index in [2.05, 4.69) is 17.1 Å². The molecule has 1 heterocycles. The third kappa shape index (κ3) is 3.95. The van der Waals surface area contributed by atoms with Crippen LogP contribution in [-0.2, 0) is 4.79 Å². The van der Waals surface area contributed by atoms with Crippen LogP contribution < -0.4 is 11.1 Å². The van der Waals surface area contributed by atoms with Gasteiger partial charge in [0, 0.05) is 19.1 Å². The number of piperidine rings is 1. The molecule has 18 heavy (non-hydrogen) atoms. The Labute approximate surface area is 110 Å². The van der Waals surface area contributed by atoms with E-state index in [1.54, 1.807) is 0 Å². The van der Waals surface area contributed by atoms with Crippen molar-refractivity contribution < 1.29 is 4.79 Å². The molecule has 2 atom stereocenters. The molecule has 2 fully saturated rings. The van der Waals surface area contributed by atoms with E-state index >= 15 is 0 Å². The molecule has 0 spiro atoms. The average molecular weight is 253 g/mol. The fourth-order valence-corrected chi connectivity index (χ4v) is 3.13. The van der Waals surface area contributed by atoms with Gasteiger partial charge in [-0.05, 0) is 37.6 Å². The zero-order valence-corrected chi connectivity index (χ0v) is 11.5. The Hall–Kier alpha value is -0.610. The summed E-state index contributed by atoms with van der Waals surface area (Å²) in [4.78, 5) is 13.3. The Morgan fingerprint density at radius 3 is 2.67 bits per heavy atom. The summed E-state index contributed by atoms with van der Waals surface area (Å²) in [5.41, 5.74) is 5.31. The zero-order chi connectivity index (χ0) is 13.0. The lowest BCUT2D eigenvalue weighted by Gasteiger charge is -2.38. The molecule has 1 saturated carbocycles. The van der Waals surface area contributed by atoms with Crippen LogP contribution in [0.3, 0.4) is 0 Å². The zero-order valence-electron chi connectivity index (χ0n) is 11.5. The lowest BCUT2D eigenvalue weighted by atomic mass is 9.85. The van der Waals surface area contributed by atoms with Gasteiger partial charge in [-0.1, -0.05) is 19.8 Å². The van der Waals surface area contributed by atoms with E-state index in [0.29, 0.717) is 18.5 Å². The van der Waals surface area contributed by atoms with Gasteiger partial charge in [0.2, 0.25) is 5.91 Å². The van der Waals surface area contributed by atoms with Crippen LogP contribution in [0.4, 0.5) is 0 Å². The second-order valence-electron chi connectivity index (χ2n) is 6.07. The molecule has 1 aliphatic heterocycles. The Morgan fingerprint density at radius 2 is 2.11 bits per heavy atom. The minimum atomic E-state index is -0.204. The predicted molar refractivity (Wildman–Crippen MR) is 73.2 cm³/mol. The molecule has 104 valence electrons. The summed E-state index contributed by atoms with van der Waals surface area (Å²) in [5, 5.41) is 3.70.